The van der Waals surface area contributed by atoms with E-state index < -0.39 is 0 Å². The molecule has 2 aromatic rings. The summed E-state index contributed by atoms with van der Waals surface area (Å²) < 4.78 is 15.6. The molecule has 0 atom stereocenters. The average molecular weight is 371 g/mol. The molecular weight excluding hydrogens is 346 g/mol. The largest absolute Gasteiger partial charge is 0.494 e. The topological polar surface area (TPSA) is 73.9 Å². The Bertz CT molecular complexity index is 725. The molecule has 2 rings (SSSR count). The number of nitrogens with one attached hydrogen (secondary N) is 1. The van der Waals surface area contributed by atoms with Gasteiger partial charge in [-0.05, 0) is 54.8 Å². The predicted molar refractivity (Wildman–Crippen MR) is 102 cm³/mol. The maximum absolute atomic E-state index is 11.9. The highest BCUT2D eigenvalue weighted by atomic mass is 16.5. The van der Waals surface area contributed by atoms with E-state index in [-0.39, 0.29) is 18.5 Å². The van der Waals surface area contributed by atoms with E-state index in [1.54, 1.807) is 24.3 Å². The smallest absolute Gasteiger partial charge is 0.337 e. The lowest BCUT2D eigenvalue weighted by atomic mass is 10.1. The van der Waals surface area contributed by atoms with E-state index in [1.165, 1.54) is 7.11 Å². The minimum Gasteiger partial charge on any atom is -0.494 e. The van der Waals surface area contributed by atoms with Gasteiger partial charge in [-0.15, -0.1) is 0 Å². The molecule has 0 heterocycles. The molecule has 0 fully saturated rings. The van der Waals surface area contributed by atoms with Crippen molar-refractivity contribution in [3.8, 4) is 11.5 Å². The first-order valence-corrected chi connectivity index (χ1v) is 8.92. The molecule has 6 nitrogen and oxygen atoms in total. The maximum atomic E-state index is 11.9. The lowest BCUT2D eigenvalue weighted by Crippen LogP contribution is -2.30. The molecule has 27 heavy (non-hydrogen) atoms. The Morgan fingerprint density at radius 2 is 1.56 bits per heavy atom. The number of rotatable bonds is 10. The minimum atomic E-state index is -0.364. The Labute approximate surface area is 159 Å². The second-order valence-electron chi connectivity index (χ2n) is 5.90. The first-order valence-electron chi connectivity index (χ1n) is 8.92. The molecule has 0 saturated carbocycles. The third-order valence-electron chi connectivity index (χ3n) is 3.78. The van der Waals surface area contributed by atoms with Crippen LogP contribution in [0, 0.1) is 0 Å². The van der Waals surface area contributed by atoms with Gasteiger partial charge < -0.3 is 19.5 Å². The number of carbonyl (C=O) groups is 2. The lowest BCUT2D eigenvalue weighted by Gasteiger charge is -2.09. The number of esters is 1. The predicted octanol–water partition coefficient (Wildman–Crippen LogP) is 3.00. The minimum absolute atomic E-state index is 0.0452. The van der Waals surface area contributed by atoms with E-state index in [4.69, 9.17) is 9.47 Å². The van der Waals surface area contributed by atoms with Crippen molar-refractivity contribution in [1.82, 2.24) is 5.32 Å². The van der Waals surface area contributed by atoms with Crippen molar-refractivity contribution in [2.75, 3.05) is 26.9 Å². The third-order valence-corrected chi connectivity index (χ3v) is 3.78. The molecule has 0 saturated heterocycles. The number of benzene rings is 2. The van der Waals surface area contributed by atoms with Crippen LogP contribution in [0.25, 0.3) is 0 Å². The molecule has 0 bridgehead atoms. The summed E-state index contributed by atoms with van der Waals surface area (Å²) in [5.41, 5.74) is 1.52. The van der Waals surface area contributed by atoms with E-state index in [0.29, 0.717) is 30.9 Å². The molecule has 0 radical (unpaired) electrons. The normalized spacial score (nSPS) is 10.1. The van der Waals surface area contributed by atoms with Gasteiger partial charge in [-0.1, -0.05) is 19.1 Å². The molecule has 144 valence electrons. The van der Waals surface area contributed by atoms with Crippen molar-refractivity contribution >= 4 is 11.9 Å². The molecular formula is C21H25NO5. The fourth-order valence-electron chi connectivity index (χ4n) is 2.32. The first-order chi connectivity index (χ1) is 13.1. The van der Waals surface area contributed by atoms with E-state index in [0.717, 1.165) is 17.7 Å². The fraction of sp³-hybridized carbons (Fsp3) is 0.333. The molecule has 1 N–H and O–H groups in total. The molecule has 2 aromatic carbocycles. The van der Waals surface area contributed by atoms with Crippen LogP contribution in [0.1, 0.15) is 29.3 Å². The summed E-state index contributed by atoms with van der Waals surface area (Å²) in [6.45, 7) is 3.17. The Morgan fingerprint density at radius 3 is 2.15 bits per heavy atom. The van der Waals surface area contributed by atoms with Crippen molar-refractivity contribution < 1.29 is 23.8 Å². The quantitative estimate of drug-likeness (QED) is 0.650. The van der Waals surface area contributed by atoms with Crippen molar-refractivity contribution in [3.63, 3.8) is 0 Å². The summed E-state index contributed by atoms with van der Waals surface area (Å²) in [7, 11) is 1.35. The molecule has 1 amide bonds. The monoisotopic (exact) mass is 371 g/mol. The van der Waals surface area contributed by atoms with Crippen LogP contribution in [0.2, 0.25) is 0 Å². The summed E-state index contributed by atoms with van der Waals surface area (Å²) in [5.74, 6) is 0.851. The van der Waals surface area contributed by atoms with Gasteiger partial charge in [-0.3, -0.25) is 4.79 Å². The number of hydrogen-bond acceptors (Lipinski definition) is 5. The number of amides is 1. The van der Waals surface area contributed by atoms with Crippen LogP contribution in [0.5, 0.6) is 11.5 Å². The summed E-state index contributed by atoms with van der Waals surface area (Å²) in [4.78, 5) is 23.3. The first kappa shape index (κ1) is 20.3. The fourth-order valence-corrected chi connectivity index (χ4v) is 2.32. The summed E-state index contributed by atoms with van der Waals surface area (Å²) >= 11 is 0. The zero-order chi connectivity index (χ0) is 19.5. The van der Waals surface area contributed by atoms with Crippen LogP contribution in [-0.4, -0.2) is 38.7 Å². The Balaban J connectivity index is 1.68. The van der Waals surface area contributed by atoms with Crippen LogP contribution in [-0.2, 0) is 16.0 Å². The van der Waals surface area contributed by atoms with Gasteiger partial charge in [0.15, 0.2) is 6.61 Å². The van der Waals surface area contributed by atoms with Gasteiger partial charge in [0.1, 0.15) is 11.5 Å². The average Bonchev–Trinajstić information content (AvgIpc) is 2.71. The van der Waals surface area contributed by atoms with Gasteiger partial charge in [0.2, 0.25) is 0 Å². The number of ether oxygens (including phenoxy) is 3. The highest BCUT2D eigenvalue weighted by Crippen LogP contribution is 2.17. The lowest BCUT2D eigenvalue weighted by molar-refractivity contribution is -0.123. The second-order valence-corrected chi connectivity index (χ2v) is 5.90. The van der Waals surface area contributed by atoms with Gasteiger partial charge in [0.05, 0.1) is 19.3 Å². The standard InChI is InChI=1S/C21H25NO5/c1-3-14-26-18-8-10-19(11-9-18)27-15-20(23)22-13-12-16-4-6-17(7-5-16)21(24)25-2/h4-11H,3,12-15H2,1-2H3,(H,22,23). The Morgan fingerprint density at radius 1 is 0.926 bits per heavy atom. The molecule has 6 heteroatoms. The second kappa shape index (κ2) is 10.9. The summed E-state index contributed by atoms with van der Waals surface area (Å²) in [6, 6.07) is 14.3. The number of hydrogen-bond donors (Lipinski definition) is 1. The van der Waals surface area contributed by atoms with Crippen molar-refractivity contribution in [2.24, 2.45) is 0 Å². The van der Waals surface area contributed by atoms with E-state index in [9.17, 15) is 9.59 Å². The van der Waals surface area contributed by atoms with Crippen molar-refractivity contribution in [2.45, 2.75) is 19.8 Å². The van der Waals surface area contributed by atoms with Crippen molar-refractivity contribution in [3.05, 3.63) is 59.7 Å². The van der Waals surface area contributed by atoms with Gasteiger partial charge in [0.25, 0.3) is 5.91 Å². The van der Waals surface area contributed by atoms with Crippen molar-refractivity contribution in [1.29, 1.82) is 0 Å². The Hall–Kier alpha value is -3.02. The zero-order valence-corrected chi connectivity index (χ0v) is 15.7. The van der Waals surface area contributed by atoms with E-state index >= 15 is 0 Å². The highest BCUT2D eigenvalue weighted by Gasteiger charge is 2.06. The van der Waals surface area contributed by atoms with Crippen LogP contribution in [0.15, 0.2) is 48.5 Å². The van der Waals surface area contributed by atoms with E-state index in [2.05, 4.69) is 10.1 Å². The molecule has 0 aromatic heterocycles. The molecule has 0 unspecified atom stereocenters. The van der Waals surface area contributed by atoms with Gasteiger partial charge in [0, 0.05) is 6.54 Å². The number of carbonyl (C=O) groups excluding carboxylic acids is 2. The van der Waals surface area contributed by atoms with Crippen LogP contribution in [0.3, 0.4) is 0 Å². The number of methoxy groups -OCH3 is 1. The summed E-state index contributed by atoms with van der Waals surface area (Å²) in [5, 5.41) is 2.81. The van der Waals surface area contributed by atoms with Crippen LogP contribution < -0.4 is 14.8 Å². The highest BCUT2D eigenvalue weighted by molar-refractivity contribution is 5.89. The van der Waals surface area contributed by atoms with E-state index in [1.807, 2.05) is 31.2 Å². The van der Waals surface area contributed by atoms with Gasteiger partial charge in [-0.25, -0.2) is 4.79 Å². The maximum Gasteiger partial charge on any atom is 0.337 e. The molecule has 0 aliphatic carbocycles. The molecule has 0 spiro atoms. The van der Waals surface area contributed by atoms with Gasteiger partial charge >= 0.3 is 5.97 Å². The van der Waals surface area contributed by atoms with Gasteiger partial charge in [-0.2, -0.15) is 0 Å². The molecule has 0 aliphatic rings. The third kappa shape index (κ3) is 7.01. The zero-order valence-electron chi connectivity index (χ0n) is 15.7. The molecule has 0 aliphatic heterocycles. The summed E-state index contributed by atoms with van der Waals surface area (Å²) in [6.07, 6.45) is 1.62. The van der Waals surface area contributed by atoms with Crippen LogP contribution >= 0.6 is 0 Å². The SMILES string of the molecule is CCCOc1ccc(OCC(=O)NCCc2ccc(C(=O)OC)cc2)cc1. The Kier molecular flexibility index (Phi) is 8.16. The van der Waals surface area contributed by atoms with Crippen LogP contribution in [0.4, 0.5) is 0 Å².